The number of pyridine rings is 1. The third kappa shape index (κ3) is 7.04. The highest BCUT2D eigenvalue weighted by Crippen LogP contribution is 2.42. The zero-order valence-corrected chi connectivity index (χ0v) is 29.7. The second-order valence-electron chi connectivity index (χ2n) is 11.3. The first-order valence-electron chi connectivity index (χ1n) is 14.7. The standard InChI is InChI=1S/C32H26Cl4F2N6O4S/c1-41-11-4-12-43(31(41)47)30-39-22-16-42(15-19(22)27(35)40-30)28(45)25-23(49-26-20(33)5-3-6-21(26)34)13-24(32(36,37)38)44(29(25)46)14-17-7-9-18(48-2)10-8-17/h3,5-10,13H,4,11-12,14-16H2,1-2H3. The molecule has 2 aromatic carbocycles. The number of hydrogen-bond donors (Lipinski definition) is 0. The lowest BCUT2D eigenvalue weighted by molar-refractivity contribution is 0.0733. The van der Waals surface area contributed by atoms with Crippen molar-refractivity contribution in [3.05, 3.63) is 102 Å². The molecule has 0 bridgehead atoms. The minimum absolute atomic E-state index is 0.0443. The van der Waals surface area contributed by atoms with Crippen molar-refractivity contribution in [1.29, 1.82) is 0 Å². The molecule has 1 fully saturated rings. The molecular formula is C32H26Cl4F2N6O4S. The molecule has 0 atom stereocenters. The highest BCUT2D eigenvalue weighted by Gasteiger charge is 2.38. The fourth-order valence-electron chi connectivity index (χ4n) is 5.57. The lowest BCUT2D eigenvalue weighted by Gasteiger charge is -2.31. The number of ether oxygens (including phenoxy) is 1. The molecule has 0 spiro atoms. The van der Waals surface area contributed by atoms with Gasteiger partial charge in [-0.15, -0.1) is 0 Å². The molecule has 4 heterocycles. The first-order valence-corrected chi connectivity index (χ1v) is 17.1. The Morgan fingerprint density at radius 1 is 1.02 bits per heavy atom. The molecule has 0 unspecified atom stereocenters. The van der Waals surface area contributed by atoms with E-state index in [2.05, 4.69) is 9.97 Å². The van der Waals surface area contributed by atoms with Gasteiger partial charge in [-0.2, -0.15) is 8.78 Å². The lowest BCUT2D eigenvalue weighted by Crippen LogP contribution is -2.48. The summed E-state index contributed by atoms with van der Waals surface area (Å²) >= 11 is 25.8. The van der Waals surface area contributed by atoms with Crippen molar-refractivity contribution in [3.8, 4) is 5.75 Å². The largest absolute Gasteiger partial charge is 0.497 e. The van der Waals surface area contributed by atoms with Gasteiger partial charge in [0.1, 0.15) is 22.2 Å². The van der Waals surface area contributed by atoms with Gasteiger partial charge in [-0.3, -0.25) is 14.5 Å². The van der Waals surface area contributed by atoms with Crippen LogP contribution in [-0.4, -0.2) is 63.5 Å². The maximum absolute atomic E-state index is 15.1. The third-order valence-electron chi connectivity index (χ3n) is 8.08. The predicted octanol–water partition coefficient (Wildman–Crippen LogP) is 7.51. The zero-order chi connectivity index (χ0) is 35.2. The Balaban J connectivity index is 1.44. The molecule has 2 aliphatic rings. The molecule has 6 rings (SSSR count). The SMILES string of the molecule is COc1ccc(Cn2c(C(F)(F)Cl)cc(Sc3c(Cl)cccc3Cl)c(C(=O)N3Cc4nc(N5CCCN(C)C5=O)nc(Cl)c4C3)c2=O)cc1. The number of amides is 3. The quantitative estimate of drug-likeness (QED) is 0.135. The number of carbonyl (C=O) groups is 2. The van der Waals surface area contributed by atoms with Crippen LogP contribution in [0.1, 0.15) is 39.3 Å². The monoisotopic (exact) mass is 768 g/mol. The zero-order valence-electron chi connectivity index (χ0n) is 25.9. The summed E-state index contributed by atoms with van der Waals surface area (Å²) in [6.07, 6.45) is 0.695. The summed E-state index contributed by atoms with van der Waals surface area (Å²) in [5, 5.41) is -3.60. The van der Waals surface area contributed by atoms with Crippen LogP contribution < -0.4 is 15.2 Å². The van der Waals surface area contributed by atoms with Crippen molar-refractivity contribution in [3.63, 3.8) is 0 Å². The number of aromatic nitrogens is 3. The molecule has 256 valence electrons. The molecule has 10 nitrogen and oxygen atoms in total. The van der Waals surface area contributed by atoms with Crippen LogP contribution >= 0.6 is 58.2 Å². The minimum Gasteiger partial charge on any atom is -0.497 e. The molecule has 49 heavy (non-hydrogen) atoms. The van der Waals surface area contributed by atoms with Gasteiger partial charge in [-0.1, -0.05) is 64.8 Å². The highest BCUT2D eigenvalue weighted by molar-refractivity contribution is 7.99. The van der Waals surface area contributed by atoms with Gasteiger partial charge < -0.3 is 19.1 Å². The molecule has 17 heteroatoms. The van der Waals surface area contributed by atoms with E-state index in [0.29, 0.717) is 42.1 Å². The summed E-state index contributed by atoms with van der Waals surface area (Å²) in [5.74, 6) is -0.170. The molecule has 3 amide bonds. The van der Waals surface area contributed by atoms with Crippen molar-refractivity contribution in [2.24, 2.45) is 0 Å². The van der Waals surface area contributed by atoms with Crippen LogP contribution in [0, 0.1) is 0 Å². The van der Waals surface area contributed by atoms with Crippen molar-refractivity contribution in [1.82, 2.24) is 24.3 Å². The van der Waals surface area contributed by atoms with Gasteiger partial charge in [-0.05, 0) is 53.9 Å². The second-order valence-corrected chi connectivity index (χ2v) is 14.0. The average molecular weight is 770 g/mol. The highest BCUT2D eigenvalue weighted by atomic mass is 35.5. The van der Waals surface area contributed by atoms with E-state index in [9.17, 15) is 14.4 Å². The molecule has 0 radical (unpaired) electrons. The number of hydrogen-bond acceptors (Lipinski definition) is 7. The summed E-state index contributed by atoms with van der Waals surface area (Å²) in [6, 6.07) is 11.8. The van der Waals surface area contributed by atoms with Crippen molar-refractivity contribution in [2.45, 2.75) is 41.2 Å². The Labute approximate surface area is 303 Å². The number of halogens is 6. The number of benzene rings is 2. The summed E-state index contributed by atoms with van der Waals surface area (Å²) < 4.78 is 36.1. The number of nitrogens with zero attached hydrogens (tertiary/aromatic N) is 6. The Kier molecular flexibility index (Phi) is 10.0. The molecule has 2 aromatic heterocycles. The van der Waals surface area contributed by atoms with Gasteiger partial charge >= 0.3 is 11.4 Å². The van der Waals surface area contributed by atoms with E-state index in [0.717, 1.165) is 22.4 Å². The fourth-order valence-corrected chi connectivity index (χ4v) is 7.60. The number of fused-ring (bicyclic) bond motifs is 1. The summed E-state index contributed by atoms with van der Waals surface area (Å²) in [7, 11) is 3.15. The fraction of sp³-hybridized carbons (Fsp3) is 0.281. The number of methoxy groups -OCH3 is 1. The smallest absolute Gasteiger partial charge is 0.363 e. The van der Waals surface area contributed by atoms with Crippen LogP contribution in [0.4, 0.5) is 19.5 Å². The van der Waals surface area contributed by atoms with E-state index >= 15 is 8.78 Å². The van der Waals surface area contributed by atoms with Crippen LogP contribution in [0.15, 0.2) is 63.1 Å². The molecular weight excluding hydrogens is 744 g/mol. The molecule has 0 saturated carbocycles. The second kappa shape index (κ2) is 13.9. The topological polar surface area (TPSA) is 101 Å². The van der Waals surface area contributed by atoms with Crippen molar-refractivity contribution < 1.29 is 23.1 Å². The van der Waals surface area contributed by atoms with Gasteiger partial charge in [0.2, 0.25) is 5.95 Å². The number of alkyl halides is 3. The third-order valence-corrected chi connectivity index (χ3v) is 10.6. The van der Waals surface area contributed by atoms with Gasteiger partial charge in [-0.25, -0.2) is 14.8 Å². The van der Waals surface area contributed by atoms with E-state index in [-0.39, 0.29) is 56.6 Å². The van der Waals surface area contributed by atoms with Gasteiger partial charge in [0.15, 0.2) is 0 Å². The van der Waals surface area contributed by atoms with E-state index in [1.165, 1.54) is 16.9 Å². The minimum atomic E-state index is -4.00. The molecule has 0 aliphatic carbocycles. The molecule has 0 N–H and O–H groups in total. The van der Waals surface area contributed by atoms with Crippen molar-refractivity contribution in [2.75, 3.05) is 32.1 Å². The Morgan fingerprint density at radius 3 is 2.37 bits per heavy atom. The number of rotatable bonds is 8. The van der Waals surface area contributed by atoms with Gasteiger partial charge in [0.05, 0.1) is 42.5 Å². The Morgan fingerprint density at radius 2 is 1.71 bits per heavy atom. The maximum Gasteiger partial charge on any atom is 0.363 e. The number of anilines is 1. The van der Waals surface area contributed by atoms with E-state index in [1.807, 2.05) is 0 Å². The van der Waals surface area contributed by atoms with Crippen LogP contribution in [-0.2, 0) is 25.0 Å². The van der Waals surface area contributed by atoms with Crippen LogP contribution in [0.25, 0.3) is 0 Å². The van der Waals surface area contributed by atoms with Crippen molar-refractivity contribution >= 4 is 76.1 Å². The molecule has 2 aliphatic heterocycles. The van der Waals surface area contributed by atoms with E-state index < -0.39 is 28.1 Å². The van der Waals surface area contributed by atoms with Gasteiger partial charge in [0.25, 0.3) is 11.5 Å². The molecule has 4 aromatic rings. The lowest BCUT2D eigenvalue weighted by atomic mass is 10.1. The van der Waals surface area contributed by atoms with Crippen LogP contribution in [0.5, 0.6) is 5.75 Å². The maximum atomic E-state index is 15.1. The van der Waals surface area contributed by atoms with E-state index in [1.54, 1.807) is 54.4 Å². The Bertz CT molecular complexity index is 2010. The summed E-state index contributed by atoms with van der Waals surface area (Å²) in [4.78, 5) is 54.8. The average Bonchev–Trinajstić information content (AvgIpc) is 3.50. The normalized spacial score (nSPS) is 14.8. The summed E-state index contributed by atoms with van der Waals surface area (Å²) in [6.45, 7) is 0.461. The number of carbonyl (C=O) groups excluding carboxylic acids is 2. The summed E-state index contributed by atoms with van der Waals surface area (Å²) in [5.41, 5.74) is -0.975. The van der Waals surface area contributed by atoms with Crippen LogP contribution in [0.2, 0.25) is 15.2 Å². The first-order chi connectivity index (χ1) is 23.3. The molecule has 1 saturated heterocycles. The first kappa shape index (κ1) is 35.2. The van der Waals surface area contributed by atoms with E-state index in [4.69, 9.17) is 51.1 Å². The predicted molar refractivity (Wildman–Crippen MR) is 184 cm³/mol. The number of urea groups is 1. The Hall–Kier alpha value is -3.62. The van der Waals surface area contributed by atoms with Gasteiger partial charge in [0, 0.05) is 35.5 Å². The van der Waals surface area contributed by atoms with Crippen LogP contribution in [0.3, 0.4) is 0 Å².